The summed E-state index contributed by atoms with van der Waals surface area (Å²) >= 11 is 0. The average molecular weight is 581 g/mol. The van der Waals surface area contributed by atoms with Crippen molar-refractivity contribution < 1.29 is 0 Å². The Morgan fingerprint density at radius 1 is 0.442 bits per heavy atom. The fraction of sp³-hybridized carbons (Fsp3) is 0.200. The molecule has 0 heterocycles. The van der Waals surface area contributed by atoms with Crippen molar-refractivity contribution >= 4 is 56.8 Å². The molecule has 3 heteroatoms. The Kier molecular flexibility index (Phi) is 8.77. The molecule has 2 nitrogen and oxygen atoms in total. The van der Waals surface area contributed by atoms with E-state index in [1.807, 2.05) is 0 Å². The summed E-state index contributed by atoms with van der Waals surface area (Å²) in [6.45, 7) is 12.9. The van der Waals surface area contributed by atoms with Crippen LogP contribution in [0.1, 0.15) is 27.7 Å². The van der Waals surface area contributed by atoms with Gasteiger partial charge in [-0.2, -0.15) is 0 Å². The molecule has 0 spiro atoms. The van der Waals surface area contributed by atoms with Crippen LogP contribution in [0.25, 0.3) is 32.7 Å². The molecule has 6 rings (SSSR count). The van der Waals surface area contributed by atoms with Crippen LogP contribution in [0.3, 0.4) is 0 Å². The van der Waals surface area contributed by atoms with Crippen LogP contribution in [0.4, 0.5) is 11.4 Å². The van der Waals surface area contributed by atoms with E-state index in [4.69, 9.17) is 0 Å². The van der Waals surface area contributed by atoms with Gasteiger partial charge in [0.15, 0.2) is 0 Å². The summed E-state index contributed by atoms with van der Waals surface area (Å²) in [7, 11) is -0.836. The van der Waals surface area contributed by atoms with Gasteiger partial charge in [-0.3, -0.25) is 0 Å². The molecule has 0 atom stereocenters. The van der Waals surface area contributed by atoms with Gasteiger partial charge in [0.05, 0.1) is 0 Å². The molecule has 0 radical (unpaired) electrons. The predicted molar refractivity (Wildman–Crippen MR) is 193 cm³/mol. The number of nitrogens with zero attached hydrogens (tertiary/aromatic N) is 2. The van der Waals surface area contributed by atoms with Crippen LogP contribution in [0, 0.1) is 0 Å². The van der Waals surface area contributed by atoms with Gasteiger partial charge >= 0.3 is 0 Å². The minimum atomic E-state index is -0.836. The maximum atomic E-state index is 2.42. The van der Waals surface area contributed by atoms with Crippen molar-refractivity contribution in [1.29, 1.82) is 0 Å². The highest BCUT2D eigenvalue weighted by Gasteiger charge is 2.23. The Morgan fingerprint density at radius 2 is 0.907 bits per heavy atom. The van der Waals surface area contributed by atoms with Gasteiger partial charge in [-0.15, -0.1) is 0 Å². The first-order valence-electron chi connectivity index (χ1n) is 15.7. The van der Waals surface area contributed by atoms with E-state index < -0.39 is 7.92 Å². The number of hydrogen-bond donors (Lipinski definition) is 0. The number of benzene rings is 6. The molecular formula is C40H41N2P. The van der Waals surface area contributed by atoms with Crippen molar-refractivity contribution in [3.8, 4) is 11.1 Å². The summed E-state index contributed by atoms with van der Waals surface area (Å²) in [5.74, 6) is 0. The molecule has 0 amide bonds. The average Bonchev–Trinajstić information content (AvgIpc) is 3.07. The van der Waals surface area contributed by atoms with E-state index in [0.29, 0.717) is 0 Å². The first-order valence-corrected chi connectivity index (χ1v) is 17.0. The first kappa shape index (κ1) is 29.0. The predicted octanol–water partition coefficient (Wildman–Crippen LogP) is 9.11. The van der Waals surface area contributed by atoms with Crippen LogP contribution in [0.5, 0.6) is 0 Å². The molecule has 0 unspecified atom stereocenters. The van der Waals surface area contributed by atoms with Crippen LogP contribution < -0.4 is 25.7 Å². The summed E-state index contributed by atoms with van der Waals surface area (Å²) < 4.78 is 0. The lowest BCUT2D eigenvalue weighted by atomic mass is 9.94. The lowest BCUT2D eigenvalue weighted by Crippen LogP contribution is -2.25. The Labute approximate surface area is 258 Å². The van der Waals surface area contributed by atoms with Crippen molar-refractivity contribution in [1.82, 2.24) is 0 Å². The Morgan fingerprint density at radius 3 is 1.44 bits per heavy atom. The molecular weight excluding hydrogens is 539 g/mol. The summed E-state index contributed by atoms with van der Waals surface area (Å²) in [6, 6.07) is 47.9. The molecule has 0 saturated heterocycles. The minimum absolute atomic E-state index is 0.836. The third-order valence-corrected chi connectivity index (χ3v) is 11.2. The van der Waals surface area contributed by atoms with E-state index >= 15 is 0 Å². The van der Waals surface area contributed by atoms with Crippen molar-refractivity contribution in [2.24, 2.45) is 0 Å². The smallest absolute Gasteiger partial charge is 0.0366 e. The number of rotatable bonds is 10. The highest BCUT2D eigenvalue weighted by atomic mass is 31.1. The lowest BCUT2D eigenvalue weighted by molar-refractivity contribution is 0.866. The Hall–Kier alpha value is -4.13. The Bertz CT molecular complexity index is 1760. The molecule has 0 aliphatic carbocycles. The quantitative estimate of drug-likeness (QED) is 0.149. The molecule has 0 saturated carbocycles. The Balaban J connectivity index is 1.61. The first-order chi connectivity index (χ1) is 21.2. The van der Waals surface area contributed by atoms with Gasteiger partial charge in [0.25, 0.3) is 0 Å². The van der Waals surface area contributed by atoms with Crippen molar-refractivity contribution in [3.63, 3.8) is 0 Å². The molecule has 0 aromatic heterocycles. The summed E-state index contributed by atoms with van der Waals surface area (Å²) in [4.78, 5) is 4.84. The summed E-state index contributed by atoms with van der Waals surface area (Å²) in [5, 5.41) is 9.30. The molecule has 6 aromatic rings. The van der Waals surface area contributed by atoms with Crippen LogP contribution in [0.2, 0.25) is 0 Å². The van der Waals surface area contributed by atoms with E-state index in [1.54, 1.807) is 0 Å². The molecule has 0 aliphatic rings. The fourth-order valence-electron chi connectivity index (χ4n) is 6.40. The highest BCUT2D eigenvalue weighted by molar-refractivity contribution is 7.80. The molecule has 43 heavy (non-hydrogen) atoms. The van der Waals surface area contributed by atoms with Gasteiger partial charge in [0, 0.05) is 37.6 Å². The van der Waals surface area contributed by atoms with Crippen molar-refractivity contribution in [2.75, 3.05) is 36.0 Å². The van der Waals surface area contributed by atoms with Crippen molar-refractivity contribution in [3.05, 3.63) is 127 Å². The lowest BCUT2D eigenvalue weighted by Gasteiger charge is -2.27. The number of hydrogen-bond acceptors (Lipinski definition) is 2. The largest absolute Gasteiger partial charge is 0.372 e. The van der Waals surface area contributed by atoms with E-state index in [9.17, 15) is 0 Å². The minimum Gasteiger partial charge on any atom is -0.372 e. The van der Waals surface area contributed by atoms with Gasteiger partial charge in [-0.1, -0.05) is 103 Å². The van der Waals surface area contributed by atoms with Crippen LogP contribution in [0.15, 0.2) is 127 Å². The monoisotopic (exact) mass is 580 g/mol. The molecule has 0 fully saturated rings. The summed E-state index contributed by atoms with van der Waals surface area (Å²) in [5.41, 5.74) is 5.22. The second-order valence-corrected chi connectivity index (χ2v) is 13.1. The van der Waals surface area contributed by atoms with E-state index in [0.717, 1.165) is 26.2 Å². The van der Waals surface area contributed by atoms with Gasteiger partial charge in [-0.05, 0) is 108 Å². The zero-order valence-electron chi connectivity index (χ0n) is 25.8. The zero-order chi connectivity index (χ0) is 29.8. The van der Waals surface area contributed by atoms with E-state index in [2.05, 4.69) is 165 Å². The normalized spacial score (nSPS) is 11.4. The van der Waals surface area contributed by atoms with E-state index in [1.165, 1.54) is 60.0 Å². The molecule has 0 bridgehead atoms. The van der Waals surface area contributed by atoms with Gasteiger partial charge in [-0.25, -0.2) is 0 Å². The highest BCUT2D eigenvalue weighted by Crippen LogP contribution is 2.42. The van der Waals surface area contributed by atoms with Crippen LogP contribution in [-0.4, -0.2) is 26.2 Å². The SMILES string of the molecule is CCN(CC)c1ccc(P(c2ccc(N(CC)CC)cc2)c2ccc3ccccc3c2-c2cccc3ccccc23)cc1. The topological polar surface area (TPSA) is 6.48 Å². The molecule has 0 N–H and O–H groups in total. The maximum absolute atomic E-state index is 2.42. The fourth-order valence-corrected chi connectivity index (χ4v) is 8.84. The van der Waals surface area contributed by atoms with Crippen molar-refractivity contribution in [2.45, 2.75) is 27.7 Å². The second kappa shape index (κ2) is 13.0. The zero-order valence-corrected chi connectivity index (χ0v) is 26.7. The molecule has 6 aromatic carbocycles. The van der Waals surface area contributed by atoms with Gasteiger partial charge in [0.2, 0.25) is 0 Å². The molecule has 216 valence electrons. The summed E-state index contributed by atoms with van der Waals surface area (Å²) in [6.07, 6.45) is 0. The second-order valence-electron chi connectivity index (χ2n) is 10.9. The van der Waals surface area contributed by atoms with Gasteiger partial charge < -0.3 is 9.80 Å². The third-order valence-electron chi connectivity index (χ3n) is 8.68. The standard InChI is InChI=1S/C40H41N2P/c1-5-41(6-2)32-21-25-34(26-22-32)43(35-27-23-33(24-28-35)42(7-3)8-4)39-29-20-31-15-10-12-18-37(31)40(39)38-19-13-16-30-14-9-11-17-36(30)38/h9-29H,5-8H2,1-4H3. The third kappa shape index (κ3) is 5.65. The maximum Gasteiger partial charge on any atom is 0.0366 e. The van der Waals surface area contributed by atoms with E-state index in [-0.39, 0.29) is 0 Å². The number of anilines is 2. The van der Waals surface area contributed by atoms with Gasteiger partial charge in [0.1, 0.15) is 0 Å². The van der Waals surface area contributed by atoms with Crippen LogP contribution >= 0.6 is 7.92 Å². The molecule has 0 aliphatic heterocycles. The number of fused-ring (bicyclic) bond motifs is 2. The van der Waals surface area contributed by atoms with Crippen LogP contribution in [-0.2, 0) is 0 Å².